The van der Waals surface area contributed by atoms with Crippen LogP contribution in [0.3, 0.4) is 0 Å². The van der Waals surface area contributed by atoms with Gasteiger partial charge in [-0.1, -0.05) is 163 Å². The number of halogens is 1. The van der Waals surface area contributed by atoms with E-state index in [9.17, 15) is 0 Å². The fourth-order valence-corrected chi connectivity index (χ4v) is 8.80. The van der Waals surface area contributed by atoms with Crippen LogP contribution in [-0.2, 0) is 5.41 Å². The Kier molecular flexibility index (Phi) is 6.84. The van der Waals surface area contributed by atoms with Gasteiger partial charge in [-0.25, -0.2) is 0 Å². The summed E-state index contributed by atoms with van der Waals surface area (Å²) in [5.74, 6) is 0. The third kappa shape index (κ3) is 4.49. The summed E-state index contributed by atoms with van der Waals surface area (Å²) in [5.41, 5.74) is 17.7. The first-order chi connectivity index (χ1) is 25.2. The summed E-state index contributed by atoms with van der Waals surface area (Å²) in [6.45, 7) is 0. The minimum atomic E-state index is -0.550. The maximum atomic E-state index is 6.90. The van der Waals surface area contributed by atoms with Gasteiger partial charge in [0.25, 0.3) is 0 Å². The number of rotatable bonds is 5. The van der Waals surface area contributed by atoms with Gasteiger partial charge in [0, 0.05) is 22.0 Å². The van der Waals surface area contributed by atoms with Crippen molar-refractivity contribution >= 4 is 28.7 Å². The fraction of sp³-hybridized carbons (Fsp3) is 0.0204. The van der Waals surface area contributed by atoms with Crippen molar-refractivity contribution in [2.75, 3.05) is 4.90 Å². The van der Waals surface area contributed by atoms with Crippen LogP contribution in [0.25, 0.3) is 44.5 Å². The standard InChI is InChI=1S/C49H32ClN/c50-37-26-31-42-43-18-11-21-47(48(43)49(46(42)32-37)44-19-9-7-16-40(44)41-17-8-10-20-45(41)49)51(38-27-22-35(23-28-38)33-12-3-1-4-13-33)39-29-24-36(25-30-39)34-14-5-2-6-15-34/h1-32H. The minimum absolute atomic E-state index is 0.550. The molecule has 2 aliphatic carbocycles. The molecular weight excluding hydrogens is 638 g/mol. The zero-order chi connectivity index (χ0) is 33.9. The van der Waals surface area contributed by atoms with Gasteiger partial charge in [0.1, 0.15) is 0 Å². The highest BCUT2D eigenvalue weighted by Gasteiger charge is 2.53. The van der Waals surface area contributed by atoms with E-state index in [1.807, 2.05) is 6.07 Å². The van der Waals surface area contributed by atoms with Gasteiger partial charge in [-0.15, -0.1) is 0 Å². The maximum Gasteiger partial charge on any atom is 0.0746 e. The third-order valence-corrected chi connectivity index (χ3v) is 11.0. The Bertz CT molecular complexity index is 2440. The van der Waals surface area contributed by atoms with E-state index in [1.165, 1.54) is 66.8 Å². The number of fused-ring (bicyclic) bond motifs is 10. The van der Waals surface area contributed by atoms with E-state index >= 15 is 0 Å². The number of benzene rings is 8. The number of nitrogens with zero attached hydrogens (tertiary/aromatic N) is 1. The predicted octanol–water partition coefficient (Wildman–Crippen LogP) is 13.5. The fourth-order valence-electron chi connectivity index (χ4n) is 8.63. The molecule has 2 heteroatoms. The normalized spacial score (nSPS) is 13.0. The molecule has 0 N–H and O–H groups in total. The molecule has 2 aliphatic rings. The highest BCUT2D eigenvalue weighted by molar-refractivity contribution is 6.31. The Labute approximate surface area is 303 Å². The molecule has 0 fully saturated rings. The van der Waals surface area contributed by atoms with Crippen molar-refractivity contribution in [1.29, 1.82) is 0 Å². The van der Waals surface area contributed by atoms with Gasteiger partial charge >= 0.3 is 0 Å². The van der Waals surface area contributed by atoms with Crippen LogP contribution >= 0.6 is 11.6 Å². The lowest BCUT2D eigenvalue weighted by Crippen LogP contribution is -2.28. The van der Waals surface area contributed by atoms with Gasteiger partial charge in [0.15, 0.2) is 0 Å². The van der Waals surface area contributed by atoms with Crippen molar-refractivity contribution in [1.82, 2.24) is 0 Å². The Hall–Kier alpha value is -6.15. The average molecular weight is 670 g/mol. The Morgan fingerprint density at radius 3 is 1.35 bits per heavy atom. The molecule has 0 atom stereocenters. The molecule has 8 aromatic rings. The van der Waals surface area contributed by atoms with Gasteiger partial charge in [-0.2, -0.15) is 0 Å². The molecule has 10 rings (SSSR count). The number of hydrogen-bond acceptors (Lipinski definition) is 1. The second-order valence-electron chi connectivity index (χ2n) is 13.4. The summed E-state index contributed by atoms with van der Waals surface area (Å²) in [7, 11) is 0. The molecule has 0 aromatic heterocycles. The molecule has 8 aromatic carbocycles. The maximum absolute atomic E-state index is 6.90. The summed E-state index contributed by atoms with van der Waals surface area (Å²) in [4.78, 5) is 2.45. The van der Waals surface area contributed by atoms with Crippen LogP contribution in [0.1, 0.15) is 22.3 Å². The topological polar surface area (TPSA) is 3.24 Å². The molecule has 240 valence electrons. The monoisotopic (exact) mass is 669 g/mol. The molecule has 51 heavy (non-hydrogen) atoms. The van der Waals surface area contributed by atoms with Crippen LogP contribution in [0.2, 0.25) is 5.02 Å². The van der Waals surface area contributed by atoms with Gasteiger partial charge in [-0.3, -0.25) is 0 Å². The SMILES string of the molecule is Clc1ccc2c(c1)C1(c3ccccc3-c3ccccc31)c1c-2cccc1N(c1ccc(-c2ccccc2)cc1)c1ccc(-c2ccccc2)cc1. The lowest BCUT2D eigenvalue weighted by atomic mass is 9.70. The molecule has 0 radical (unpaired) electrons. The van der Waals surface area contributed by atoms with E-state index in [1.54, 1.807) is 0 Å². The van der Waals surface area contributed by atoms with E-state index in [0.29, 0.717) is 0 Å². The van der Waals surface area contributed by atoms with Gasteiger partial charge in [0.2, 0.25) is 0 Å². The average Bonchev–Trinajstić information content (AvgIpc) is 3.66. The van der Waals surface area contributed by atoms with Gasteiger partial charge in [0.05, 0.1) is 11.1 Å². The van der Waals surface area contributed by atoms with Gasteiger partial charge < -0.3 is 4.90 Å². The third-order valence-electron chi connectivity index (χ3n) is 10.8. The van der Waals surface area contributed by atoms with Crippen molar-refractivity contribution in [3.05, 3.63) is 221 Å². The van der Waals surface area contributed by atoms with E-state index in [2.05, 4.69) is 193 Å². The summed E-state index contributed by atoms with van der Waals surface area (Å²) >= 11 is 6.90. The molecule has 0 amide bonds. The Morgan fingerprint density at radius 1 is 0.353 bits per heavy atom. The zero-order valence-corrected chi connectivity index (χ0v) is 28.6. The summed E-state index contributed by atoms with van der Waals surface area (Å²) < 4.78 is 0. The first-order valence-corrected chi connectivity index (χ1v) is 17.8. The summed E-state index contributed by atoms with van der Waals surface area (Å²) in [6.07, 6.45) is 0. The molecule has 0 bridgehead atoms. The van der Waals surface area contributed by atoms with Crippen LogP contribution in [0.4, 0.5) is 17.1 Å². The Balaban J connectivity index is 1.25. The molecule has 1 nitrogen and oxygen atoms in total. The molecule has 0 saturated carbocycles. The van der Waals surface area contributed by atoms with E-state index in [-0.39, 0.29) is 0 Å². The van der Waals surface area contributed by atoms with Crippen molar-refractivity contribution < 1.29 is 0 Å². The Morgan fingerprint density at radius 2 is 0.804 bits per heavy atom. The molecule has 0 saturated heterocycles. The first kappa shape index (κ1) is 29.7. The molecule has 0 heterocycles. The van der Waals surface area contributed by atoms with Crippen LogP contribution in [-0.4, -0.2) is 0 Å². The van der Waals surface area contributed by atoms with Gasteiger partial charge in [-0.05, 0) is 104 Å². The summed E-state index contributed by atoms with van der Waals surface area (Å²) in [5, 5.41) is 0.745. The second kappa shape index (κ2) is 11.7. The van der Waals surface area contributed by atoms with Crippen molar-refractivity contribution in [2.24, 2.45) is 0 Å². The van der Waals surface area contributed by atoms with Crippen molar-refractivity contribution in [2.45, 2.75) is 5.41 Å². The number of anilines is 3. The highest BCUT2D eigenvalue weighted by Crippen LogP contribution is 2.65. The lowest BCUT2D eigenvalue weighted by Gasteiger charge is -2.36. The quantitative estimate of drug-likeness (QED) is 0.176. The second-order valence-corrected chi connectivity index (χ2v) is 13.8. The lowest BCUT2D eigenvalue weighted by molar-refractivity contribution is 0.793. The number of hydrogen-bond donors (Lipinski definition) is 0. The molecular formula is C49H32ClN. The molecule has 1 spiro atoms. The van der Waals surface area contributed by atoms with Crippen LogP contribution < -0.4 is 4.90 Å². The molecule has 0 aliphatic heterocycles. The van der Waals surface area contributed by atoms with Crippen LogP contribution in [0.5, 0.6) is 0 Å². The highest BCUT2D eigenvalue weighted by atomic mass is 35.5. The first-order valence-electron chi connectivity index (χ1n) is 17.5. The smallest absolute Gasteiger partial charge is 0.0746 e. The minimum Gasteiger partial charge on any atom is -0.310 e. The predicted molar refractivity (Wildman–Crippen MR) is 213 cm³/mol. The van der Waals surface area contributed by atoms with E-state index in [0.717, 1.165) is 22.1 Å². The van der Waals surface area contributed by atoms with Crippen molar-refractivity contribution in [3.63, 3.8) is 0 Å². The van der Waals surface area contributed by atoms with Crippen LogP contribution in [0.15, 0.2) is 194 Å². The van der Waals surface area contributed by atoms with Crippen molar-refractivity contribution in [3.8, 4) is 44.5 Å². The molecule has 0 unspecified atom stereocenters. The van der Waals surface area contributed by atoms with E-state index in [4.69, 9.17) is 11.6 Å². The zero-order valence-electron chi connectivity index (χ0n) is 27.8. The van der Waals surface area contributed by atoms with Crippen LogP contribution in [0, 0.1) is 0 Å². The summed E-state index contributed by atoms with van der Waals surface area (Å²) in [6, 6.07) is 70.3. The largest absolute Gasteiger partial charge is 0.310 e. The van der Waals surface area contributed by atoms with E-state index < -0.39 is 5.41 Å².